The van der Waals surface area contributed by atoms with Gasteiger partial charge in [-0.3, -0.25) is 4.79 Å². The third-order valence-corrected chi connectivity index (χ3v) is 4.34. The Balaban J connectivity index is 1.71. The van der Waals surface area contributed by atoms with Gasteiger partial charge in [0, 0.05) is 10.2 Å². The first-order chi connectivity index (χ1) is 12.0. The molecule has 0 unspecified atom stereocenters. The monoisotopic (exact) mass is 396 g/mol. The van der Waals surface area contributed by atoms with Crippen molar-refractivity contribution in [2.24, 2.45) is 0 Å². The minimum Gasteiger partial charge on any atom is -0.338 e. The first kappa shape index (κ1) is 17.1. The highest BCUT2D eigenvalue weighted by atomic mass is 79.9. The first-order valence-electron chi connectivity index (χ1n) is 7.75. The lowest BCUT2D eigenvalue weighted by molar-refractivity contribution is 0.102. The van der Waals surface area contributed by atoms with Crippen LogP contribution in [0.25, 0.3) is 0 Å². The van der Waals surface area contributed by atoms with E-state index in [9.17, 15) is 4.79 Å². The number of hydrogen-bond acceptors (Lipinski definition) is 4. The molecule has 1 amide bonds. The Morgan fingerprint density at radius 2 is 1.80 bits per heavy atom. The molecule has 0 aliphatic heterocycles. The normalized spacial score (nSPS) is 10.4. The summed E-state index contributed by atoms with van der Waals surface area (Å²) in [5.74, 6) is 0.280. The topological polar surface area (TPSA) is 66.9 Å². The summed E-state index contributed by atoms with van der Waals surface area (Å²) < 4.78 is 0.925. The molecule has 0 saturated heterocycles. The van der Waals surface area contributed by atoms with Crippen LogP contribution >= 0.6 is 15.9 Å². The van der Waals surface area contributed by atoms with Gasteiger partial charge in [0.1, 0.15) is 11.5 Å². The van der Waals surface area contributed by atoms with Gasteiger partial charge < -0.3 is 10.6 Å². The van der Waals surface area contributed by atoms with Crippen LogP contribution in [0.5, 0.6) is 0 Å². The molecule has 25 heavy (non-hydrogen) atoms. The lowest BCUT2D eigenvalue weighted by Gasteiger charge is -2.10. The molecular formula is C19H17BrN4O. The molecule has 6 heteroatoms. The van der Waals surface area contributed by atoms with Crippen molar-refractivity contribution in [2.45, 2.75) is 13.8 Å². The van der Waals surface area contributed by atoms with Gasteiger partial charge in [0.2, 0.25) is 0 Å². The molecule has 0 saturated carbocycles. The fourth-order valence-electron chi connectivity index (χ4n) is 2.35. The molecule has 0 aliphatic carbocycles. The SMILES string of the molecule is Cc1ccc(NC(=O)c2cnc(Nc3ccccc3Br)cn2)c(C)c1. The average molecular weight is 397 g/mol. The number of rotatable bonds is 4. The van der Waals surface area contributed by atoms with E-state index in [0.717, 1.165) is 27.0 Å². The molecule has 1 aromatic heterocycles. The molecule has 0 fully saturated rings. The molecule has 0 radical (unpaired) electrons. The maximum atomic E-state index is 12.3. The molecule has 1 heterocycles. The van der Waals surface area contributed by atoms with E-state index >= 15 is 0 Å². The van der Waals surface area contributed by atoms with Gasteiger partial charge in [0.05, 0.1) is 18.1 Å². The van der Waals surface area contributed by atoms with Crippen LogP contribution < -0.4 is 10.6 Å². The lowest BCUT2D eigenvalue weighted by Crippen LogP contribution is -2.15. The van der Waals surface area contributed by atoms with Crippen molar-refractivity contribution < 1.29 is 4.79 Å². The molecule has 2 N–H and O–H groups in total. The van der Waals surface area contributed by atoms with E-state index in [4.69, 9.17) is 0 Å². The molecule has 0 spiro atoms. The number of halogens is 1. The van der Waals surface area contributed by atoms with Crippen LogP contribution in [0.1, 0.15) is 21.6 Å². The van der Waals surface area contributed by atoms with Crippen LogP contribution in [-0.4, -0.2) is 15.9 Å². The minimum atomic E-state index is -0.285. The maximum Gasteiger partial charge on any atom is 0.275 e. The van der Waals surface area contributed by atoms with Gasteiger partial charge in [-0.25, -0.2) is 9.97 Å². The summed E-state index contributed by atoms with van der Waals surface area (Å²) in [6, 6.07) is 13.6. The average Bonchev–Trinajstić information content (AvgIpc) is 2.60. The summed E-state index contributed by atoms with van der Waals surface area (Å²) in [6.45, 7) is 3.97. The highest BCUT2D eigenvalue weighted by molar-refractivity contribution is 9.10. The summed E-state index contributed by atoms with van der Waals surface area (Å²) in [6.07, 6.45) is 2.99. The summed E-state index contributed by atoms with van der Waals surface area (Å²) in [4.78, 5) is 20.8. The van der Waals surface area contributed by atoms with Gasteiger partial charge in [-0.2, -0.15) is 0 Å². The van der Waals surface area contributed by atoms with Crippen LogP contribution in [0, 0.1) is 13.8 Å². The fraction of sp³-hybridized carbons (Fsp3) is 0.105. The van der Waals surface area contributed by atoms with Gasteiger partial charge in [-0.05, 0) is 53.5 Å². The molecule has 0 aliphatic rings. The summed E-state index contributed by atoms with van der Waals surface area (Å²) in [5, 5.41) is 6.01. The number of benzene rings is 2. The van der Waals surface area contributed by atoms with E-state index in [2.05, 4.69) is 36.5 Å². The Labute approximate surface area is 154 Å². The number of aromatic nitrogens is 2. The molecular weight excluding hydrogens is 380 g/mol. The van der Waals surface area contributed by atoms with E-state index in [-0.39, 0.29) is 11.6 Å². The number of anilines is 3. The zero-order chi connectivity index (χ0) is 17.8. The van der Waals surface area contributed by atoms with Crippen molar-refractivity contribution >= 4 is 39.0 Å². The Morgan fingerprint density at radius 1 is 1.00 bits per heavy atom. The van der Waals surface area contributed by atoms with Crippen LogP contribution in [-0.2, 0) is 0 Å². The van der Waals surface area contributed by atoms with E-state index in [1.54, 1.807) is 0 Å². The second kappa shape index (κ2) is 7.44. The highest BCUT2D eigenvalue weighted by Gasteiger charge is 2.10. The Hall–Kier alpha value is -2.73. The highest BCUT2D eigenvalue weighted by Crippen LogP contribution is 2.24. The van der Waals surface area contributed by atoms with Crippen molar-refractivity contribution in [3.05, 3.63) is 76.2 Å². The van der Waals surface area contributed by atoms with Crippen molar-refractivity contribution in [2.75, 3.05) is 10.6 Å². The summed E-state index contributed by atoms with van der Waals surface area (Å²) in [5.41, 5.74) is 4.07. The largest absolute Gasteiger partial charge is 0.338 e. The number of amides is 1. The number of aryl methyl sites for hydroxylation is 2. The molecule has 0 bridgehead atoms. The third kappa shape index (κ3) is 4.22. The maximum absolute atomic E-state index is 12.3. The van der Waals surface area contributed by atoms with E-state index < -0.39 is 0 Å². The Bertz CT molecular complexity index is 910. The molecule has 2 aromatic carbocycles. The number of nitrogens with one attached hydrogen (secondary N) is 2. The molecule has 126 valence electrons. The molecule has 3 aromatic rings. The molecule has 3 rings (SSSR count). The zero-order valence-corrected chi connectivity index (χ0v) is 15.5. The van der Waals surface area contributed by atoms with E-state index in [0.29, 0.717) is 5.82 Å². The fourth-order valence-corrected chi connectivity index (χ4v) is 2.73. The quantitative estimate of drug-likeness (QED) is 0.661. The smallest absolute Gasteiger partial charge is 0.275 e. The van der Waals surface area contributed by atoms with Crippen molar-refractivity contribution in [1.29, 1.82) is 0 Å². The van der Waals surface area contributed by atoms with Crippen LogP contribution in [0.4, 0.5) is 17.2 Å². The van der Waals surface area contributed by atoms with Crippen molar-refractivity contribution in [1.82, 2.24) is 9.97 Å². The number of carbonyl (C=O) groups excluding carboxylic acids is 1. The van der Waals surface area contributed by atoms with Crippen LogP contribution in [0.15, 0.2) is 59.3 Å². The lowest BCUT2D eigenvalue weighted by atomic mass is 10.1. The van der Waals surface area contributed by atoms with Gasteiger partial charge in [0.25, 0.3) is 5.91 Å². The van der Waals surface area contributed by atoms with Crippen molar-refractivity contribution in [3.8, 4) is 0 Å². The Kier molecular flexibility index (Phi) is 5.09. The van der Waals surface area contributed by atoms with Crippen LogP contribution in [0.3, 0.4) is 0 Å². The van der Waals surface area contributed by atoms with Crippen molar-refractivity contribution in [3.63, 3.8) is 0 Å². The number of carbonyl (C=O) groups is 1. The molecule has 5 nitrogen and oxygen atoms in total. The number of nitrogens with zero attached hydrogens (tertiary/aromatic N) is 2. The standard InChI is InChI=1S/C19H17BrN4O/c1-12-7-8-15(13(2)9-12)24-19(25)17-10-22-18(11-21-17)23-16-6-4-3-5-14(16)20/h3-11H,1-2H3,(H,22,23)(H,24,25). The summed E-state index contributed by atoms with van der Waals surface area (Å²) in [7, 11) is 0. The van der Waals surface area contributed by atoms with Gasteiger partial charge in [-0.15, -0.1) is 0 Å². The predicted molar refractivity (Wildman–Crippen MR) is 103 cm³/mol. The van der Waals surface area contributed by atoms with E-state index in [1.165, 1.54) is 12.4 Å². The Morgan fingerprint density at radius 3 is 2.48 bits per heavy atom. The van der Waals surface area contributed by atoms with Gasteiger partial charge in [0.15, 0.2) is 0 Å². The van der Waals surface area contributed by atoms with Gasteiger partial charge >= 0.3 is 0 Å². The molecule has 0 atom stereocenters. The number of hydrogen-bond donors (Lipinski definition) is 2. The third-order valence-electron chi connectivity index (χ3n) is 3.65. The second-order valence-corrected chi connectivity index (χ2v) is 6.52. The minimum absolute atomic E-state index is 0.262. The second-order valence-electron chi connectivity index (χ2n) is 5.66. The summed E-state index contributed by atoms with van der Waals surface area (Å²) >= 11 is 3.47. The number of para-hydroxylation sites is 1. The predicted octanol–water partition coefficient (Wildman–Crippen LogP) is 4.85. The van der Waals surface area contributed by atoms with E-state index in [1.807, 2.05) is 56.3 Å². The zero-order valence-electron chi connectivity index (χ0n) is 13.9. The first-order valence-corrected chi connectivity index (χ1v) is 8.54. The van der Waals surface area contributed by atoms with Crippen LogP contribution in [0.2, 0.25) is 0 Å². The van der Waals surface area contributed by atoms with Gasteiger partial charge in [-0.1, -0.05) is 29.8 Å².